The van der Waals surface area contributed by atoms with Gasteiger partial charge in [0.25, 0.3) is 0 Å². The highest BCUT2D eigenvalue weighted by Crippen LogP contribution is 2.41. The van der Waals surface area contributed by atoms with Crippen LogP contribution in [0.4, 0.5) is 0 Å². The fourth-order valence-electron chi connectivity index (χ4n) is 4.37. The van der Waals surface area contributed by atoms with Crippen molar-refractivity contribution in [3.63, 3.8) is 0 Å². The number of benzene rings is 3. The van der Waals surface area contributed by atoms with Crippen molar-refractivity contribution in [1.82, 2.24) is 0 Å². The molecular weight excluding hydrogens is 568 g/mol. The summed E-state index contributed by atoms with van der Waals surface area (Å²) in [4.78, 5) is 24.2. The number of aromatic hydroxyl groups is 4. The van der Waals surface area contributed by atoms with Crippen molar-refractivity contribution in [1.29, 1.82) is 0 Å². The highest BCUT2D eigenvalue weighted by atomic mass is 16.7. The fourth-order valence-corrected chi connectivity index (χ4v) is 4.37. The second kappa shape index (κ2) is 12.0. The average Bonchev–Trinajstić information content (AvgIpc) is 2.97. The molecule has 224 valence electrons. The molecule has 43 heavy (non-hydrogen) atoms. The maximum Gasteiger partial charge on any atom is 0.330 e. The molecule has 0 bridgehead atoms. The van der Waals surface area contributed by atoms with E-state index in [1.54, 1.807) is 0 Å². The van der Waals surface area contributed by atoms with Gasteiger partial charge in [-0.05, 0) is 54.1 Å². The Bertz CT molecular complexity index is 1680. The molecule has 13 nitrogen and oxygen atoms in total. The number of hydrogen-bond donors (Lipinski definition) is 7. The minimum absolute atomic E-state index is 0.0151. The van der Waals surface area contributed by atoms with Crippen molar-refractivity contribution >= 4 is 12.0 Å². The Labute approximate surface area is 242 Å². The minimum atomic E-state index is -1.79. The van der Waals surface area contributed by atoms with Crippen LogP contribution in [-0.2, 0) is 14.3 Å². The zero-order valence-electron chi connectivity index (χ0n) is 22.1. The third-order valence-electron chi connectivity index (χ3n) is 6.65. The van der Waals surface area contributed by atoms with E-state index in [9.17, 15) is 45.3 Å². The molecule has 0 spiro atoms. The molecule has 0 radical (unpaired) electrons. The summed E-state index contributed by atoms with van der Waals surface area (Å²) >= 11 is 0. The Morgan fingerprint density at radius 3 is 2.30 bits per heavy atom. The van der Waals surface area contributed by atoms with Crippen LogP contribution in [0.25, 0.3) is 28.7 Å². The smallest absolute Gasteiger partial charge is 0.330 e. The number of esters is 1. The van der Waals surface area contributed by atoms with Crippen molar-refractivity contribution in [3.05, 3.63) is 82.5 Å². The third-order valence-corrected chi connectivity index (χ3v) is 6.65. The summed E-state index contributed by atoms with van der Waals surface area (Å²) in [5.41, 5.74) is 0.324. The molecule has 7 N–H and O–H groups in total. The van der Waals surface area contributed by atoms with Crippen molar-refractivity contribution in [2.75, 3.05) is 6.61 Å². The van der Waals surface area contributed by atoms with Crippen LogP contribution in [0.1, 0.15) is 5.56 Å². The zero-order valence-corrected chi connectivity index (χ0v) is 22.1. The van der Waals surface area contributed by atoms with Crippen LogP contribution in [0.3, 0.4) is 0 Å². The van der Waals surface area contributed by atoms with E-state index in [-0.39, 0.29) is 40.1 Å². The maximum absolute atomic E-state index is 12.3. The lowest BCUT2D eigenvalue weighted by molar-refractivity contribution is -0.278. The Kier molecular flexibility index (Phi) is 8.23. The summed E-state index contributed by atoms with van der Waals surface area (Å²) in [6.07, 6.45) is -5.91. The van der Waals surface area contributed by atoms with Crippen LogP contribution < -0.4 is 10.2 Å². The van der Waals surface area contributed by atoms with Crippen LogP contribution >= 0.6 is 0 Å². The second-order valence-electron chi connectivity index (χ2n) is 9.68. The number of ether oxygens (including phenoxy) is 3. The lowest BCUT2D eigenvalue weighted by Gasteiger charge is -2.40. The summed E-state index contributed by atoms with van der Waals surface area (Å²) in [6, 6.07) is 13.1. The molecule has 5 rings (SSSR count). The van der Waals surface area contributed by atoms with E-state index < -0.39 is 54.5 Å². The Balaban J connectivity index is 1.37. The lowest BCUT2D eigenvalue weighted by atomic mass is 9.99. The summed E-state index contributed by atoms with van der Waals surface area (Å²) in [7, 11) is 0. The van der Waals surface area contributed by atoms with E-state index in [4.69, 9.17) is 18.6 Å². The van der Waals surface area contributed by atoms with Crippen molar-refractivity contribution in [3.8, 4) is 51.4 Å². The number of phenolic OH excluding ortho intramolecular Hbond substituents is 4. The topological polar surface area (TPSA) is 217 Å². The molecule has 1 aliphatic carbocycles. The summed E-state index contributed by atoms with van der Waals surface area (Å²) < 4.78 is 22.5. The van der Waals surface area contributed by atoms with Gasteiger partial charge in [0.1, 0.15) is 48.3 Å². The highest BCUT2D eigenvalue weighted by Gasteiger charge is 2.46. The van der Waals surface area contributed by atoms with E-state index in [0.29, 0.717) is 11.1 Å². The van der Waals surface area contributed by atoms with Gasteiger partial charge < -0.3 is 54.4 Å². The number of carbonyl (C=O) groups is 1. The second-order valence-corrected chi connectivity index (χ2v) is 9.68. The van der Waals surface area contributed by atoms with Gasteiger partial charge in [0.2, 0.25) is 6.29 Å². The molecule has 0 aromatic heterocycles. The van der Waals surface area contributed by atoms with E-state index in [1.165, 1.54) is 54.6 Å². The molecule has 5 atom stereocenters. The summed E-state index contributed by atoms with van der Waals surface area (Å²) in [5.74, 6) is -2.10. The van der Waals surface area contributed by atoms with E-state index in [1.807, 2.05) is 0 Å². The van der Waals surface area contributed by atoms with Crippen LogP contribution in [0.2, 0.25) is 0 Å². The monoisotopic (exact) mass is 594 g/mol. The van der Waals surface area contributed by atoms with Crippen LogP contribution in [0, 0.1) is 0 Å². The van der Waals surface area contributed by atoms with Crippen molar-refractivity contribution in [2.24, 2.45) is 0 Å². The first-order valence-corrected chi connectivity index (χ1v) is 12.8. The molecule has 2 heterocycles. The van der Waals surface area contributed by atoms with Gasteiger partial charge in [-0.3, -0.25) is 4.79 Å². The van der Waals surface area contributed by atoms with Gasteiger partial charge in [-0.1, -0.05) is 6.07 Å². The molecule has 5 unspecified atom stereocenters. The molecule has 2 aliphatic heterocycles. The van der Waals surface area contributed by atoms with Gasteiger partial charge in [0.05, 0.1) is 5.56 Å². The van der Waals surface area contributed by atoms with E-state index in [0.717, 1.165) is 18.2 Å². The summed E-state index contributed by atoms with van der Waals surface area (Å²) in [6.45, 7) is -0.561. The highest BCUT2D eigenvalue weighted by molar-refractivity contribution is 5.87. The Hall–Kier alpha value is -5.08. The number of hydrogen-bond acceptors (Lipinski definition) is 13. The van der Waals surface area contributed by atoms with Gasteiger partial charge in [-0.2, -0.15) is 0 Å². The predicted octanol–water partition coefficient (Wildman–Crippen LogP) is 1.68. The van der Waals surface area contributed by atoms with Gasteiger partial charge in [0, 0.05) is 23.8 Å². The van der Waals surface area contributed by atoms with E-state index >= 15 is 0 Å². The average molecular weight is 595 g/mol. The molecule has 2 aromatic rings. The molecule has 2 aromatic carbocycles. The Morgan fingerprint density at radius 1 is 0.837 bits per heavy atom. The van der Waals surface area contributed by atoms with Crippen LogP contribution in [0.5, 0.6) is 28.7 Å². The fraction of sp³-hybridized carbons (Fsp3) is 0.200. The van der Waals surface area contributed by atoms with Gasteiger partial charge >= 0.3 is 5.97 Å². The first-order valence-electron chi connectivity index (χ1n) is 12.8. The normalized spacial score (nSPS) is 22.1. The number of carbonyl (C=O) groups excluding carboxylic acids is 1. The molecule has 3 aliphatic rings. The lowest BCUT2D eigenvalue weighted by Crippen LogP contribution is -2.60. The molecule has 0 amide bonds. The number of rotatable bonds is 7. The third kappa shape index (κ3) is 6.39. The molecule has 1 saturated heterocycles. The molecule has 13 heteroatoms. The van der Waals surface area contributed by atoms with Crippen LogP contribution in [0.15, 0.2) is 76.0 Å². The minimum Gasteiger partial charge on any atom is -0.508 e. The van der Waals surface area contributed by atoms with Gasteiger partial charge in [-0.25, -0.2) is 4.79 Å². The number of fused-ring (bicyclic) bond motifs is 1. The number of aliphatic hydroxyl groups excluding tert-OH is 3. The largest absolute Gasteiger partial charge is 0.508 e. The first kappa shape index (κ1) is 29.4. The summed E-state index contributed by atoms with van der Waals surface area (Å²) in [5, 5.41) is 70.6. The molecule has 0 saturated carbocycles. The van der Waals surface area contributed by atoms with E-state index in [2.05, 4.69) is 0 Å². The SMILES string of the molecule is O=C(/C=C/c1ccc(O)c(O)c1)OCC1OC(Oc2cc3c(O)cc(=O)cc-3oc2-c2ccc(O)cc2)C(O)C(O)C1O. The predicted molar refractivity (Wildman–Crippen MR) is 147 cm³/mol. The van der Waals surface area contributed by atoms with Crippen molar-refractivity contribution in [2.45, 2.75) is 30.7 Å². The number of aliphatic hydroxyl groups is 3. The van der Waals surface area contributed by atoms with Gasteiger partial charge in [0.15, 0.2) is 28.4 Å². The molecule has 1 fully saturated rings. The van der Waals surface area contributed by atoms with Gasteiger partial charge in [-0.15, -0.1) is 0 Å². The zero-order chi connectivity index (χ0) is 30.8. The quantitative estimate of drug-likeness (QED) is 0.0922. The Morgan fingerprint density at radius 2 is 1.58 bits per heavy atom. The van der Waals surface area contributed by atoms with Crippen molar-refractivity contribution < 1.29 is 59.2 Å². The van der Waals surface area contributed by atoms with Crippen LogP contribution in [-0.4, -0.2) is 79.0 Å². The standard InChI is InChI=1S/C30H26O13/c31-16-5-3-15(4-6-16)29-23(12-18-20(34)10-17(32)11-22(18)41-29)42-30-28(39)27(38)26(37)24(43-30)13-40-25(36)8-2-14-1-7-19(33)21(35)9-14/h1-12,24,26-28,30-31,33-35,37-39H,13H2/b8-2+. The maximum atomic E-state index is 12.3. The molecular formula is C30H26O13. The number of phenols is 4. The first-order chi connectivity index (χ1) is 20.5.